The maximum Gasteiger partial charge on any atom is 0.260 e. The number of hydrogen-bond acceptors (Lipinski definition) is 4. The fraction of sp³-hybridized carbons (Fsp3) is 0.235. The number of carbonyl (C=O) groups is 2. The van der Waals surface area contributed by atoms with Crippen LogP contribution in [0.5, 0.6) is 0 Å². The molecular formula is C17H20N4O3. The van der Waals surface area contributed by atoms with Crippen molar-refractivity contribution >= 4 is 17.5 Å². The summed E-state index contributed by atoms with van der Waals surface area (Å²) < 4.78 is 0. The SMILES string of the molecule is CN(C)CC(=O)Nc1cccc(CNC(=O)c2ccc[nH]c2=O)c1. The number of nitrogens with one attached hydrogen (secondary N) is 3. The third-order valence-corrected chi connectivity index (χ3v) is 3.19. The summed E-state index contributed by atoms with van der Waals surface area (Å²) in [4.78, 5) is 39.6. The first-order valence-corrected chi connectivity index (χ1v) is 7.45. The number of aromatic nitrogens is 1. The zero-order valence-electron chi connectivity index (χ0n) is 13.6. The first-order valence-electron chi connectivity index (χ1n) is 7.45. The molecule has 2 aromatic rings. The second-order valence-electron chi connectivity index (χ2n) is 5.58. The molecule has 1 heterocycles. The summed E-state index contributed by atoms with van der Waals surface area (Å²) >= 11 is 0. The van der Waals surface area contributed by atoms with E-state index in [2.05, 4.69) is 15.6 Å². The standard InChI is InChI=1S/C17H20N4O3/c1-21(2)11-15(22)20-13-6-3-5-12(9-13)10-19-17(24)14-7-4-8-18-16(14)23/h3-9H,10-11H2,1-2H3,(H,18,23)(H,19,24)(H,20,22). The Labute approximate surface area is 139 Å². The van der Waals surface area contributed by atoms with Crippen molar-refractivity contribution in [1.29, 1.82) is 0 Å². The van der Waals surface area contributed by atoms with Crippen LogP contribution in [0.2, 0.25) is 0 Å². The summed E-state index contributed by atoms with van der Waals surface area (Å²) in [5.74, 6) is -0.559. The molecule has 0 radical (unpaired) electrons. The van der Waals surface area contributed by atoms with Crippen molar-refractivity contribution in [3.63, 3.8) is 0 Å². The zero-order valence-corrected chi connectivity index (χ0v) is 13.6. The molecule has 126 valence electrons. The Morgan fingerprint density at radius 3 is 2.67 bits per heavy atom. The van der Waals surface area contributed by atoms with Crippen LogP contribution < -0.4 is 16.2 Å². The summed E-state index contributed by atoms with van der Waals surface area (Å²) in [6.45, 7) is 0.544. The van der Waals surface area contributed by atoms with E-state index < -0.39 is 11.5 Å². The quantitative estimate of drug-likeness (QED) is 0.731. The van der Waals surface area contributed by atoms with E-state index >= 15 is 0 Å². The van der Waals surface area contributed by atoms with Crippen LogP contribution in [0.1, 0.15) is 15.9 Å². The molecule has 24 heavy (non-hydrogen) atoms. The maximum absolute atomic E-state index is 12.0. The van der Waals surface area contributed by atoms with Gasteiger partial charge in [0.05, 0.1) is 6.54 Å². The molecule has 1 aromatic carbocycles. The van der Waals surface area contributed by atoms with Crippen molar-refractivity contribution in [3.8, 4) is 0 Å². The Hall–Kier alpha value is -2.93. The van der Waals surface area contributed by atoms with E-state index in [1.165, 1.54) is 12.3 Å². The van der Waals surface area contributed by atoms with Gasteiger partial charge in [0.2, 0.25) is 5.91 Å². The van der Waals surface area contributed by atoms with E-state index in [0.717, 1.165) is 5.56 Å². The largest absolute Gasteiger partial charge is 0.348 e. The van der Waals surface area contributed by atoms with E-state index in [1.54, 1.807) is 29.2 Å². The molecule has 0 atom stereocenters. The van der Waals surface area contributed by atoms with Gasteiger partial charge in [-0.15, -0.1) is 0 Å². The van der Waals surface area contributed by atoms with Crippen molar-refractivity contribution in [1.82, 2.24) is 15.2 Å². The molecular weight excluding hydrogens is 308 g/mol. The van der Waals surface area contributed by atoms with E-state index in [0.29, 0.717) is 5.69 Å². The van der Waals surface area contributed by atoms with Crippen molar-refractivity contribution < 1.29 is 9.59 Å². The monoisotopic (exact) mass is 328 g/mol. The molecule has 7 nitrogen and oxygen atoms in total. The van der Waals surface area contributed by atoms with Gasteiger partial charge in [-0.05, 0) is 43.9 Å². The molecule has 7 heteroatoms. The number of H-pyrrole nitrogens is 1. The number of rotatable bonds is 6. The molecule has 2 amide bonds. The van der Waals surface area contributed by atoms with Gasteiger partial charge in [-0.25, -0.2) is 0 Å². The highest BCUT2D eigenvalue weighted by Crippen LogP contribution is 2.10. The Morgan fingerprint density at radius 2 is 1.96 bits per heavy atom. The van der Waals surface area contributed by atoms with E-state index in [1.807, 2.05) is 20.2 Å². The average molecular weight is 328 g/mol. The molecule has 0 aliphatic carbocycles. The highest BCUT2D eigenvalue weighted by molar-refractivity contribution is 5.94. The molecule has 0 saturated heterocycles. The van der Waals surface area contributed by atoms with Crippen LogP contribution in [0.15, 0.2) is 47.4 Å². The molecule has 0 aliphatic rings. The Kier molecular flexibility index (Phi) is 5.86. The number of likely N-dealkylation sites (N-methyl/N-ethyl adjacent to an activating group) is 1. The Bertz CT molecular complexity index is 783. The van der Waals surface area contributed by atoms with E-state index in [4.69, 9.17) is 0 Å². The lowest BCUT2D eigenvalue weighted by Crippen LogP contribution is -2.29. The van der Waals surface area contributed by atoms with Crippen molar-refractivity contribution in [3.05, 3.63) is 64.1 Å². The lowest BCUT2D eigenvalue weighted by atomic mass is 10.2. The minimum atomic E-state index is -0.445. The van der Waals surface area contributed by atoms with Crippen LogP contribution in [-0.4, -0.2) is 42.3 Å². The van der Waals surface area contributed by atoms with Crippen LogP contribution in [-0.2, 0) is 11.3 Å². The van der Waals surface area contributed by atoms with Crippen LogP contribution in [0.3, 0.4) is 0 Å². The van der Waals surface area contributed by atoms with Crippen molar-refractivity contribution in [2.45, 2.75) is 6.54 Å². The summed E-state index contributed by atoms with van der Waals surface area (Å²) in [6.07, 6.45) is 1.47. The van der Waals surface area contributed by atoms with Gasteiger partial charge in [-0.3, -0.25) is 14.4 Å². The Morgan fingerprint density at radius 1 is 1.17 bits per heavy atom. The molecule has 2 rings (SSSR count). The molecule has 0 unspecified atom stereocenters. The van der Waals surface area contributed by atoms with Crippen LogP contribution in [0.4, 0.5) is 5.69 Å². The summed E-state index contributed by atoms with van der Waals surface area (Å²) in [5, 5.41) is 5.48. The second-order valence-corrected chi connectivity index (χ2v) is 5.58. The minimum Gasteiger partial charge on any atom is -0.348 e. The lowest BCUT2D eigenvalue weighted by Gasteiger charge is -2.11. The van der Waals surface area contributed by atoms with Crippen LogP contribution >= 0.6 is 0 Å². The average Bonchev–Trinajstić information content (AvgIpc) is 2.52. The first kappa shape index (κ1) is 17.4. The molecule has 1 aromatic heterocycles. The normalized spacial score (nSPS) is 10.5. The molecule has 0 bridgehead atoms. The number of benzene rings is 1. The maximum atomic E-state index is 12.0. The van der Waals surface area contributed by atoms with Gasteiger partial charge >= 0.3 is 0 Å². The number of anilines is 1. The second kappa shape index (κ2) is 8.07. The van der Waals surface area contributed by atoms with E-state index in [9.17, 15) is 14.4 Å². The predicted molar refractivity (Wildman–Crippen MR) is 91.9 cm³/mol. The molecule has 0 fully saturated rings. The smallest absolute Gasteiger partial charge is 0.260 e. The molecule has 0 aliphatic heterocycles. The highest BCUT2D eigenvalue weighted by Gasteiger charge is 2.09. The van der Waals surface area contributed by atoms with Gasteiger partial charge in [0, 0.05) is 18.4 Å². The fourth-order valence-electron chi connectivity index (χ4n) is 2.12. The van der Waals surface area contributed by atoms with Crippen molar-refractivity contribution in [2.75, 3.05) is 26.0 Å². The summed E-state index contributed by atoms with van der Waals surface area (Å²) in [7, 11) is 3.63. The van der Waals surface area contributed by atoms with Gasteiger partial charge in [-0.2, -0.15) is 0 Å². The van der Waals surface area contributed by atoms with Gasteiger partial charge in [0.15, 0.2) is 0 Å². The number of aromatic amines is 1. The third kappa shape index (κ3) is 5.06. The van der Waals surface area contributed by atoms with Gasteiger partial charge in [0.1, 0.15) is 5.56 Å². The topological polar surface area (TPSA) is 94.3 Å². The molecule has 0 spiro atoms. The fourth-order valence-corrected chi connectivity index (χ4v) is 2.12. The van der Waals surface area contributed by atoms with Gasteiger partial charge in [-0.1, -0.05) is 12.1 Å². The lowest BCUT2D eigenvalue weighted by molar-refractivity contribution is -0.116. The molecule has 0 saturated carbocycles. The van der Waals surface area contributed by atoms with Gasteiger partial charge in [0.25, 0.3) is 11.5 Å². The van der Waals surface area contributed by atoms with Crippen LogP contribution in [0.25, 0.3) is 0 Å². The highest BCUT2D eigenvalue weighted by atomic mass is 16.2. The van der Waals surface area contributed by atoms with Gasteiger partial charge < -0.3 is 20.5 Å². The summed E-state index contributed by atoms with van der Waals surface area (Å²) in [5.41, 5.74) is 1.11. The number of carbonyl (C=O) groups excluding carboxylic acids is 2. The van der Waals surface area contributed by atoms with Crippen molar-refractivity contribution in [2.24, 2.45) is 0 Å². The molecule has 3 N–H and O–H groups in total. The van der Waals surface area contributed by atoms with E-state index in [-0.39, 0.29) is 24.6 Å². The van der Waals surface area contributed by atoms with Crippen LogP contribution in [0, 0.1) is 0 Å². The zero-order chi connectivity index (χ0) is 17.5. The minimum absolute atomic E-state index is 0.0629. The number of pyridine rings is 1. The number of nitrogens with zero attached hydrogens (tertiary/aromatic N) is 1. The number of hydrogen-bond donors (Lipinski definition) is 3. The predicted octanol–water partition coefficient (Wildman–Crippen LogP) is 0.805. The first-order chi connectivity index (χ1) is 11.5. The summed E-state index contributed by atoms with van der Waals surface area (Å²) in [6, 6.07) is 10.2. The third-order valence-electron chi connectivity index (χ3n) is 3.19. The number of amides is 2. The Balaban J connectivity index is 1.97.